The van der Waals surface area contributed by atoms with E-state index in [1.165, 1.54) is 7.11 Å². The fraction of sp³-hybridized carbons (Fsp3) is 0.348. The van der Waals surface area contributed by atoms with E-state index in [0.717, 1.165) is 35.3 Å². The number of nitrogens with one attached hydrogen (secondary N) is 3. The van der Waals surface area contributed by atoms with Gasteiger partial charge in [0.05, 0.1) is 12.7 Å². The Morgan fingerprint density at radius 1 is 0.967 bits per heavy atom. The summed E-state index contributed by atoms with van der Waals surface area (Å²) in [6.45, 7) is 3.98. The first-order chi connectivity index (χ1) is 14.3. The summed E-state index contributed by atoms with van der Waals surface area (Å²) in [6.07, 6.45) is 3.35. The van der Waals surface area contributed by atoms with Crippen LogP contribution in [0.2, 0.25) is 0 Å². The van der Waals surface area contributed by atoms with E-state index >= 15 is 0 Å². The SMILES string of the molecule is COC(=O)c1ccc(NC(=S)NC2(C(=O)Nc3c(C)cccc3C)CCCC2)cc1. The van der Waals surface area contributed by atoms with Crippen LogP contribution in [0.3, 0.4) is 0 Å². The van der Waals surface area contributed by atoms with Gasteiger partial charge in [-0.3, -0.25) is 4.79 Å². The number of carbonyl (C=O) groups is 2. The molecule has 0 spiro atoms. The van der Waals surface area contributed by atoms with Crippen LogP contribution in [0.25, 0.3) is 0 Å². The number of ether oxygens (including phenoxy) is 1. The largest absolute Gasteiger partial charge is 0.465 e. The van der Waals surface area contributed by atoms with Crippen LogP contribution in [-0.2, 0) is 9.53 Å². The van der Waals surface area contributed by atoms with Crippen LogP contribution in [0.1, 0.15) is 47.2 Å². The van der Waals surface area contributed by atoms with Crippen molar-refractivity contribution in [3.8, 4) is 0 Å². The highest BCUT2D eigenvalue weighted by Gasteiger charge is 2.42. The molecular formula is C23H27N3O3S. The third-order valence-corrected chi connectivity index (χ3v) is 5.73. The lowest BCUT2D eigenvalue weighted by Gasteiger charge is -2.31. The number of rotatable bonds is 5. The average Bonchev–Trinajstić information content (AvgIpc) is 3.20. The Morgan fingerprint density at radius 2 is 1.57 bits per heavy atom. The van der Waals surface area contributed by atoms with E-state index in [0.29, 0.717) is 23.5 Å². The number of benzene rings is 2. The predicted molar refractivity (Wildman–Crippen MR) is 123 cm³/mol. The van der Waals surface area contributed by atoms with Crippen molar-refractivity contribution in [2.75, 3.05) is 17.7 Å². The number of para-hydroxylation sites is 1. The molecule has 6 nitrogen and oxygen atoms in total. The van der Waals surface area contributed by atoms with Crippen LogP contribution < -0.4 is 16.0 Å². The third kappa shape index (κ3) is 4.79. The average molecular weight is 426 g/mol. The van der Waals surface area contributed by atoms with Crippen LogP contribution in [0.5, 0.6) is 0 Å². The molecule has 1 aliphatic carbocycles. The van der Waals surface area contributed by atoms with Crippen LogP contribution in [0, 0.1) is 13.8 Å². The zero-order valence-electron chi connectivity index (χ0n) is 17.5. The van der Waals surface area contributed by atoms with Crippen molar-refractivity contribution in [3.05, 3.63) is 59.2 Å². The molecule has 30 heavy (non-hydrogen) atoms. The summed E-state index contributed by atoms with van der Waals surface area (Å²) < 4.78 is 4.71. The minimum Gasteiger partial charge on any atom is -0.465 e. The Kier molecular flexibility index (Phi) is 6.72. The number of thiocarbonyl (C=S) groups is 1. The van der Waals surface area contributed by atoms with Gasteiger partial charge in [0.15, 0.2) is 5.11 Å². The molecule has 0 saturated heterocycles. The van der Waals surface area contributed by atoms with E-state index in [2.05, 4.69) is 16.0 Å². The molecule has 0 bridgehead atoms. The summed E-state index contributed by atoms with van der Waals surface area (Å²) in [5.74, 6) is -0.460. The van der Waals surface area contributed by atoms with Gasteiger partial charge in [0.2, 0.25) is 5.91 Å². The van der Waals surface area contributed by atoms with E-state index in [1.54, 1.807) is 24.3 Å². The number of methoxy groups -OCH3 is 1. The van der Waals surface area contributed by atoms with Gasteiger partial charge >= 0.3 is 5.97 Å². The van der Waals surface area contributed by atoms with Gasteiger partial charge in [-0.05, 0) is 74.3 Å². The van der Waals surface area contributed by atoms with Crippen LogP contribution in [0.15, 0.2) is 42.5 Å². The van der Waals surface area contributed by atoms with Crippen molar-refractivity contribution in [3.63, 3.8) is 0 Å². The molecule has 1 amide bonds. The summed E-state index contributed by atoms with van der Waals surface area (Å²) in [6, 6.07) is 12.8. The second kappa shape index (κ2) is 9.26. The Balaban J connectivity index is 1.70. The molecule has 158 valence electrons. The molecule has 7 heteroatoms. The zero-order chi connectivity index (χ0) is 21.7. The number of anilines is 2. The Hall–Kier alpha value is -2.93. The standard InChI is InChI=1S/C23H27N3O3S/c1-15-7-6-8-16(2)19(15)25-21(28)23(13-4-5-14-23)26-22(30)24-18-11-9-17(10-12-18)20(27)29-3/h6-12H,4-5,13-14H2,1-3H3,(H,25,28)(H2,24,26,30). The second-order valence-electron chi connectivity index (χ2n) is 7.66. The van der Waals surface area contributed by atoms with Crippen LogP contribution in [-0.4, -0.2) is 29.6 Å². The third-order valence-electron chi connectivity index (χ3n) is 5.53. The molecule has 3 N–H and O–H groups in total. The normalized spacial score (nSPS) is 14.6. The summed E-state index contributed by atoms with van der Waals surface area (Å²) in [5.41, 5.74) is 3.36. The molecule has 3 rings (SSSR count). The molecule has 1 saturated carbocycles. The van der Waals surface area contributed by atoms with Gasteiger partial charge in [-0.1, -0.05) is 31.0 Å². The molecule has 2 aromatic carbocycles. The first kappa shape index (κ1) is 21.8. The van der Waals surface area contributed by atoms with Gasteiger partial charge in [-0.2, -0.15) is 0 Å². The lowest BCUT2D eigenvalue weighted by atomic mass is 9.95. The van der Waals surface area contributed by atoms with Gasteiger partial charge in [0.25, 0.3) is 0 Å². The molecule has 0 aromatic heterocycles. The maximum absolute atomic E-state index is 13.3. The van der Waals surface area contributed by atoms with Crippen molar-refractivity contribution < 1.29 is 14.3 Å². The first-order valence-corrected chi connectivity index (χ1v) is 10.4. The van der Waals surface area contributed by atoms with E-state index in [9.17, 15) is 9.59 Å². The Labute approximate surface area is 182 Å². The molecule has 0 heterocycles. The topological polar surface area (TPSA) is 79.5 Å². The van der Waals surface area contributed by atoms with E-state index < -0.39 is 11.5 Å². The lowest BCUT2D eigenvalue weighted by Crippen LogP contribution is -2.56. The monoisotopic (exact) mass is 425 g/mol. The Morgan fingerprint density at radius 3 is 2.13 bits per heavy atom. The minimum atomic E-state index is -0.745. The highest BCUT2D eigenvalue weighted by Crippen LogP contribution is 2.32. The maximum Gasteiger partial charge on any atom is 0.337 e. The molecule has 0 unspecified atom stereocenters. The van der Waals surface area contributed by atoms with Gasteiger partial charge in [-0.25, -0.2) is 4.79 Å². The van der Waals surface area contributed by atoms with Crippen molar-refractivity contribution in [1.82, 2.24) is 5.32 Å². The summed E-state index contributed by atoms with van der Waals surface area (Å²) in [4.78, 5) is 24.8. The quantitative estimate of drug-likeness (QED) is 0.489. The van der Waals surface area contributed by atoms with E-state index in [1.807, 2.05) is 32.0 Å². The predicted octanol–water partition coefficient (Wildman–Crippen LogP) is 4.33. The fourth-order valence-corrected chi connectivity index (χ4v) is 4.13. The summed E-state index contributed by atoms with van der Waals surface area (Å²) in [5, 5.41) is 9.86. The lowest BCUT2D eigenvalue weighted by molar-refractivity contribution is -0.121. The van der Waals surface area contributed by atoms with Gasteiger partial charge < -0.3 is 20.7 Å². The molecule has 0 aliphatic heterocycles. The van der Waals surface area contributed by atoms with Crippen molar-refractivity contribution in [2.45, 2.75) is 45.1 Å². The van der Waals surface area contributed by atoms with Crippen molar-refractivity contribution in [2.24, 2.45) is 0 Å². The number of carbonyl (C=O) groups excluding carboxylic acids is 2. The van der Waals surface area contributed by atoms with Crippen molar-refractivity contribution >= 4 is 40.6 Å². The number of hydrogen-bond acceptors (Lipinski definition) is 4. The number of esters is 1. The fourth-order valence-electron chi connectivity index (χ4n) is 3.82. The second-order valence-corrected chi connectivity index (χ2v) is 8.07. The van der Waals surface area contributed by atoms with E-state index in [-0.39, 0.29) is 5.91 Å². The van der Waals surface area contributed by atoms with E-state index in [4.69, 9.17) is 17.0 Å². The van der Waals surface area contributed by atoms with Crippen LogP contribution >= 0.6 is 12.2 Å². The summed E-state index contributed by atoms with van der Waals surface area (Å²) >= 11 is 5.49. The number of amides is 1. The zero-order valence-corrected chi connectivity index (χ0v) is 18.3. The minimum absolute atomic E-state index is 0.0670. The van der Waals surface area contributed by atoms with Gasteiger partial charge in [0, 0.05) is 11.4 Å². The van der Waals surface area contributed by atoms with Crippen molar-refractivity contribution in [1.29, 1.82) is 0 Å². The first-order valence-electron chi connectivity index (χ1n) is 10.00. The molecular weight excluding hydrogens is 398 g/mol. The molecule has 1 aliphatic rings. The number of aryl methyl sites for hydroxylation is 2. The van der Waals surface area contributed by atoms with Gasteiger partial charge in [0.1, 0.15) is 5.54 Å². The van der Waals surface area contributed by atoms with Crippen LogP contribution in [0.4, 0.5) is 11.4 Å². The Bertz CT molecular complexity index is 930. The number of hydrogen-bond donors (Lipinski definition) is 3. The molecule has 2 aromatic rings. The molecule has 1 fully saturated rings. The van der Waals surface area contributed by atoms with Gasteiger partial charge in [-0.15, -0.1) is 0 Å². The smallest absolute Gasteiger partial charge is 0.337 e. The highest BCUT2D eigenvalue weighted by molar-refractivity contribution is 7.80. The maximum atomic E-state index is 13.3. The molecule has 0 radical (unpaired) electrons. The highest BCUT2D eigenvalue weighted by atomic mass is 32.1. The molecule has 0 atom stereocenters. The summed E-state index contributed by atoms with van der Waals surface area (Å²) in [7, 11) is 1.35.